The van der Waals surface area contributed by atoms with Gasteiger partial charge in [0.1, 0.15) is 5.60 Å². The fourth-order valence-corrected chi connectivity index (χ4v) is 2.80. The number of nitrogens with two attached hydrogens (primary N) is 1. The van der Waals surface area contributed by atoms with Crippen molar-refractivity contribution in [3.8, 4) is 0 Å². The van der Waals surface area contributed by atoms with E-state index < -0.39 is 5.60 Å². The van der Waals surface area contributed by atoms with Crippen molar-refractivity contribution >= 4 is 6.09 Å². The highest BCUT2D eigenvalue weighted by molar-refractivity contribution is 5.69. The Morgan fingerprint density at radius 3 is 2.44 bits per heavy atom. The Kier molecular flexibility index (Phi) is 3.13. The quantitative estimate of drug-likeness (QED) is 0.810. The Balaban J connectivity index is 1.93. The van der Waals surface area contributed by atoms with Crippen LogP contribution in [0.1, 0.15) is 59.8 Å². The highest BCUT2D eigenvalue weighted by atomic mass is 16.6. The minimum absolute atomic E-state index is 0.0288. The predicted octanol–water partition coefficient (Wildman–Crippen LogP) is 2.56. The van der Waals surface area contributed by atoms with E-state index in [1.165, 1.54) is 0 Å². The third-order valence-corrected chi connectivity index (χ3v) is 4.03. The van der Waals surface area contributed by atoms with Gasteiger partial charge < -0.3 is 15.8 Å². The van der Waals surface area contributed by atoms with Gasteiger partial charge in [-0.05, 0) is 52.4 Å². The van der Waals surface area contributed by atoms with Gasteiger partial charge >= 0.3 is 6.09 Å². The van der Waals surface area contributed by atoms with E-state index in [-0.39, 0.29) is 17.2 Å². The maximum atomic E-state index is 11.9. The van der Waals surface area contributed by atoms with E-state index in [2.05, 4.69) is 12.2 Å². The monoisotopic (exact) mass is 254 g/mol. The Labute approximate surface area is 110 Å². The molecule has 3 N–H and O–H groups in total. The van der Waals surface area contributed by atoms with Crippen LogP contribution in [0.5, 0.6) is 0 Å². The van der Waals surface area contributed by atoms with Crippen molar-refractivity contribution in [2.75, 3.05) is 0 Å². The molecule has 2 aliphatic rings. The molecule has 104 valence electrons. The number of amides is 1. The van der Waals surface area contributed by atoms with E-state index in [0.717, 1.165) is 32.1 Å². The molecule has 0 aromatic carbocycles. The second-order valence-electron chi connectivity index (χ2n) is 7.13. The van der Waals surface area contributed by atoms with Crippen LogP contribution in [0.4, 0.5) is 4.79 Å². The maximum absolute atomic E-state index is 11.9. The van der Waals surface area contributed by atoms with Crippen LogP contribution in [0, 0.1) is 5.92 Å². The van der Waals surface area contributed by atoms with Gasteiger partial charge in [0.25, 0.3) is 0 Å². The number of rotatable bonds is 4. The van der Waals surface area contributed by atoms with Crippen LogP contribution in [0.3, 0.4) is 0 Å². The molecule has 0 heterocycles. The molecule has 0 saturated heterocycles. The van der Waals surface area contributed by atoms with Gasteiger partial charge in [-0.25, -0.2) is 4.79 Å². The zero-order valence-electron chi connectivity index (χ0n) is 12.0. The summed E-state index contributed by atoms with van der Waals surface area (Å²) >= 11 is 0. The fraction of sp³-hybridized carbons (Fsp3) is 0.929. The van der Waals surface area contributed by atoms with Crippen LogP contribution in [0.15, 0.2) is 0 Å². The molecule has 2 aliphatic carbocycles. The first kappa shape index (κ1) is 13.7. The molecule has 2 atom stereocenters. The van der Waals surface area contributed by atoms with Crippen LogP contribution in [-0.2, 0) is 4.74 Å². The van der Waals surface area contributed by atoms with Crippen molar-refractivity contribution in [2.45, 2.75) is 76.5 Å². The van der Waals surface area contributed by atoms with Gasteiger partial charge in [0.05, 0.1) is 0 Å². The largest absolute Gasteiger partial charge is 0.444 e. The molecule has 18 heavy (non-hydrogen) atoms. The molecular weight excluding hydrogens is 228 g/mol. The second-order valence-corrected chi connectivity index (χ2v) is 7.13. The molecule has 2 rings (SSSR count). The molecule has 0 spiro atoms. The number of carbonyl (C=O) groups is 1. The third kappa shape index (κ3) is 3.16. The SMILES string of the molecule is CCC1CC1(CC1(N)CC1)NC(=O)OC(C)(C)C. The Morgan fingerprint density at radius 2 is 2.06 bits per heavy atom. The smallest absolute Gasteiger partial charge is 0.408 e. The minimum Gasteiger partial charge on any atom is -0.444 e. The summed E-state index contributed by atoms with van der Waals surface area (Å²) in [6.07, 6.45) is 4.90. The van der Waals surface area contributed by atoms with E-state index in [0.29, 0.717) is 5.92 Å². The molecule has 0 aromatic rings. The minimum atomic E-state index is -0.443. The molecule has 0 radical (unpaired) electrons. The van der Waals surface area contributed by atoms with E-state index in [1.54, 1.807) is 0 Å². The third-order valence-electron chi connectivity index (χ3n) is 4.03. The molecule has 2 saturated carbocycles. The van der Waals surface area contributed by atoms with Crippen molar-refractivity contribution < 1.29 is 9.53 Å². The second kappa shape index (κ2) is 4.12. The van der Waals surface area contributed by atoms with Gasteiger partial charge in [0.2, 0.25) is 0 Å². The first-order valence-corrected chi connectivity index (χ1v) is 6.98. The van der Waals surface area contributed by atoms with Gasteiger partial charge in [-0.15, -0.1) is 0 Å². The topological polar surface area (TPSA) is 64.3 Å². The maximum Gasteiger partial charge on any atom is 0.408 e. The van der Waals surface area contributed by atoms with Crippen molar-refractivity contribution in [3.63, 3.8) is 0 Å². The Bertz CT molecular complexity index is 344. The number of hydrogen-bond acceptors (Lipinski definition) is 3. The molecule has 0 bridgehead atoms. The first-order chi connectivity index (χ1) is 8.18. The average molecular weight is 254 g/mol. The summed E-state index contributed by atoms with van der Waals surface area (Å²) in [6.45, 7) is 7.82. The van der Waals surface area contributed by atoms with Gasteiger partial charge in [0.15, 0.2) is 0 Å². The lowest BCUT2D eigenvalue weighted by molar-refractivity contribution is 0.0484. The summed E-state index contributed by atoms with van der Waals surface area (Å²) in [5, 5.41) is 3.08. The summed E-state index contributed by atoms with van der Waals surface area (Å²) < 4.78 is 5.35. The van der Waals surface area contributed by atoms with Crippen LogP contribution in [0.2, 0.25) is 0 Å². The van der Waals surface area contributed by atoms with Gasteiger partial charge in [-0.3, -0.25) is 0 Å². The summed E-state index contributed by atoms with van der Waals surface area (Å²) in [5.41, 5.74) is 5.63. The molecular formula is C14H26N2O2. The van der Waals surface area contributed by atoms with Crippen molar-refractivity contribution in [1.82, 2.24) is 5.32 Å². The van der Waals surface area contributed by atoms with E-state index in [4.69, 9.17) is 10.5 Å². The molecule has 1 amide bonds. The Morgan fingerprint density at radius 1 is 1.44 bits per heavy atom. The van der Waals surface area contributed by atoms with Gasteiger partial charge in [-0.1, -0.05) is 13.3 Å². The van der Waals surface area contributed by atoms with Crippen LogP contribution < -0.4 is 11.1 Å². The van der Waals surface area contributed by atoms with Crippen molar-refractivity contribution in [1.29, 1.82) is 0 Å². The lowest BCUT2D eigenvalue weighted by Gasteiger charge is -2.26. The lowest BCUT2D eigenvalue weighted by atomic mass is 10.0. The van der Waals surface area contributed by atoms with Gasteiger partial charge in [0, 0.05) is 11.1 Å². The predicted molar refractivity (Wildman–Crippen MR) is 71.3 cm³/mol. The molecule has 4 nitrogen and oxygen atoms in total. The number of alkyl carbamates (subject to hydrolysis) is 1. The highest BCUT2D eigenvalue weighted by Gasteiger charge is 2.59. The van der Waals surface area contributed by atoms with Crippen LogP contribution >= 0.6 is 0 Å². The zero-order valence-corrected chi connectivity index (χ0v) is 12.0. The summed E-state index contributed by atoms with van der Waals surface area (Å²) in [6, 6.07) is 0. The first-order valence-electron chi connectivity index (χ1n) is 6.98. The lowest BCUT2D eigenvalue weighted by Crippen LogP contribution is -2.45. The summed E-state index contributed by atoms with van der Waals surface area (Å²) in [4.78, 5) is 11.9. The summed E-state index contributed by atoms with van der Waals surface area (Å²) in [5.74, 6) is 0.561. The molecule has 2 fully saturated rings. The normalized spacial score (nSPS) is 32.8. The average Bonchev–Trinajstić information content (AvgIpc) is 3.03. The number of ether oxygens (including phenoxy) is 1. The highest BCUT2D eigenvalue weighted by Crippen LogP contribution is 2.54. The Hall–Kier alpha value is -0.770. The summed E-state index contributed by atoms with van der Waals surface area (Å²) in [7, 11) is 0. The van der Waals surface area contributed by atoms with Crippen molar-refractivity contribution in [2.24, 2.45) is 11.7 Å². The van der Waals surface area contributed by atoms with Gasteiger partial charge in [-0.2, -0.15) is 0 Å². The van der Waals surface area contributed by atoms with E-state index in [1.807, 2.05) is 20.8 Å². The molecule has 4 heteroatoms. The van der Waals surface area contributed by atoms with Crippen molar-refractivity contribution in [3.05, 3.63) is 0 Å². The number of carbonyl (C=O) groups excluding carboxylic acids is 1. The number of nitrogens with one attached hydrogen (secondary N) is 1. The zero-order chi connectivity index (χ0) is 13.6. The molecule has 2 unspecified atom stereocenters. The molecule has 0 aliphatic heterocycles. The van der Waals surface area contributed by atoms with Crippen LogP contribution in [-0.4, -0.2) is 22.8 Å². The number of hydrogen-bond donors (Lipinski definition) is 2. The van der Waals surface area contributed by atoms with E-state index >= 15 is 0 Å². The standard InChI is InChI=1S/C14H26N2O2/c1-5-10-8-14(10,9-13(15)6-7-13)16-11(17)18-12(2,3)4/h10H,5-9,15H2,1-4H3,(H,16,17). The van der Waals surface area contributed by atoms with E-state index in [9.17, 15) is 4.79 Å². The van der Waals surface area contributed by atoms with Crippen LogP contribution in [0.25, 0.3) is 0 Å². The molecule has 0 aromatic heterocycles. The fourth-order valence-electron chi connectivity index (χ4n) is 2.80.